The van der Waals surface area contributed by atoms with Crippen molar-refractivity contribution in [1.82, 2.24) is 15.5 Å². The van der Waals surface area contributed by atoms with Gasteiger partial charge in [-0.2, -0.15) is 0 Å². The molecule has 0 aliphatic carbocycles. The highest BCUT2D eigenvalue weighted by Crippen LogP contribution is 2.32. The number of benzene rings is 2. The van der Waals surface area contributed by atoms with Crippen molar-refractivity contribution in [3.05, 3.63) is 65.7 Å². The maximum Gasteiger partial charge on any atom is 0.325 e. The fraction of sp³-hybridized carbons (Fsp3) is 0.348. The van der Waals surface area contributed by atoms with Gasteiger partial charge in [-0.1, -0.05) is 56.3 Å². The molecule has 0 spiro atoms. The maximum atomic E-state index is 13.1. The molecule has 7 heteroatoms. The summed E-state index contributed by atoms with van der Waals surface area (Å²) < 4.78 is 5.17. The zero-order valence-electron chi connectivity index (χ0n) is 17.5. The molecule has 1 heterocycles. The Hall–Kier alpha value is -3.35. The molecule has 4 amide bonds. The molecule has 0 aromatic heterocycles. The lowest BCUT2D eigenvalue weighted by Gasteiger charge is -2.26. The molecule has 1 aliphatic rings. The number of carbonyl (C=O) groups excluding carboxylic acids is 3. The van der Waals surface area contributed by atoms with Gasteiger partial charge in [0.25, 0.3) is 5.91 Å². The van der Waals surface area contributed by atoms with Crippen LogP contribution in [0.15, 0.2) is 54.6 Å². The van der Waals surface area contributed by atoms with Gasteiger partial charge in [0.05, 0.1) is 13.2 Å². The van der Waals surface area contributed by atoms with Gasteiger partial charge in [0.2, 0.25) is 5.91 Å². The SMILES string of the molecule is CCC(NC(=O)CN1C(=O)NC(CC)(c2ccccc2)C1=O)c1ccc(OC)cc1. The van der Waals surface area contributed by atoms with E-state index in [1.54, 1.807) is 7.11 Å². The average molecular weight is 409 g/mol. The van der Waals surface area contributed by atoms with Crippen LogP contribution in [0.3, 0.4) is 0 Å². The van der Waals surface area contributed by atoms with E-state index in [1.807, 2.05) is 68.4 Å². The Labute approximate surface area is 176 Å². The van der Waals surface area contributed by atoms with Crippen molar-refractivity contribution in [2.45, 2.75) is 38.3 Å². The minimum Gasteiger partial charge on any atom is -0.497 e. The fourth-order valence-corrected chi connectivity index (χ4v) is 3.77. The van der Waals surface area contributed by atoms with Gasteiger partial charge >= 0.3 is 6.03 Å². The molecule has 0 bridgehead atoms. The number of methoxy groups -OCH3 is 1. The molecule has 2 N–H and O–H groups in total. The molecule has 0 radical (unpaired) electrons. The summed E-state index contributed by atoms with van der Waals surface area (Å²) in [6.07, 6.45) is 1.06. The van der Waals surface area contributed by atoms with Crippen molar-refractivity contribution in [3.63, 3.8) is 0 Å². The van der Waals surface area contributed by atoms with Crippen LogP contribution in [0, 0.1) is 0 Å². The lowest BCUT2D eigenvalue weighted by atomic mass is 9.87. The molecule has 2 aromatic rings. The molecule has 30 heavy (non-hydrogen) atoms. The second kappa shape index (κ2) is 8.98. The third-order valence-corrected chi connectivity index (χ3v) is 5.54. The Balaban J connectivity index is 1.72. The number of nitrogens with zero attached hydrogens (tertiary/aromatic N) is 1. The van der Waals surface area contributed by atoms with Gasteiger partial charge in [-0.25, -0.2) is 4.79 Å². The summed E-state index contributed by atoms with van der Waals surface area (Å²) in [5, 5.41) is 5.71. The third kappa shape index (κ3) is 4.01. The summed E-state index contributed by atoms with van der Waals surface area (Å²) in [6, 6.07) is 15.8. The first-order chi connectivity index (χ1) is 14.4. The molecule has 0 saturated carbocycles. The van der Waals surface area contributed by atoms with E-state index in [2.05, 4.69) is 10.6 Å². The first-order valence-corrected chi connectivity index (χ1v) is 10.1. The zero-order chi connectivity index (χ0) is 21.7. The largest absolute Gasteiger partial charge is 0.497 e. The number of carbonyl (C=O) groups is 3. The Bertz CT molecular complexity index is 914. The van der Waals surface area contributed by atoms with Crippen molar-refractivity contribution < 1.29 is 19.1 Å². The lowest BCUT2D eigenvalue weighted by molar-refractivity contribution is -0.135. The number of hydrogen-bond donors (Lipinski definition) is 2. The van der Waals surface area contributed by atoms with Crippen molar-refractivity contribution in [2.75, 3.05) is 13.7 Å². The van der Waals surface area contributed by atoms with E-state index >= 15 is 0 Å². The van der Waals surface area contributed by atoms with Gasteiger partial charge in [-0.15, -0.1) is 0 Å². The van der Waals surface area contributed by atoms with E-state index in [1.165, 1.54) is 0 Å². The number of imide groups is 1. The van der Waals surface area contributed by atoms with Gasteiger partial charge in [-0.05, 0) is 36.1 Å². The first-order valence-electron chi connectivity index (χ1n) is 10.1. The molecule has 158 valence electrons. The molecule has 1 saturated heterocycles. The minimum absolute atomic E-state index is 0.228. The van der Waals surface area contributed by atoms with Crippen LogP contribution in [-0.4, -0.2) is 36.4 Å². The number of urea groups is 1. The molecular weight excluding hydrogens is 382 g/mol. The topological polar surface area (TPSA) is 87.7 Å². The van der Waals surface area contributed by atoms with Crippen molar-refractivity contribution in [2.24, 2.45) is 0 Å². The highest BCUT2D eigenvalue weighted by Gasteiger charge is 2.51. The quantitative estimate of drug-likeness (QED) is 0.656. The summed E-state index contributed by atoms with van der Waals surface area (Å²) in [7, 11) is 1.60. The normalized spacial score (nSPS) is 19.4. The summed E-state index contributed by atoms with van der Waals surface area (Å²) in [6.45, 7) is 3.47. The maximum absolute atomic E-state index is 13.1. The predicted molar refractivity (Wildman–Crippen MR) is 113 cm³/mol. The summed E-state index contributed by atoms with van der Waals surface area (Å²) in [5.74, 6) is -0.0638. The summed E-state index contributed by atoms with van der Waals surface area (Å²) >= 11 is 0. The van der Waals surface area contributed by atoms with Crippen LogP contribution >= 0.6 is 0 Å². The lowest BCUT2D eigenvalue weighted by Crippen LogP contribution is -2.45. The third-order valence-electron chi connectivity index (χ3n) is 5.54. The van der Waals surface area contributed by atoms with Gasteiger partial charge in [0, 0.05) is 0 Å². The highest BCUT2D eigenvalue weighted by atomic mass is 16.5. The Morgan fingerprint density at radius 1 is 1.10 bits per heavy atom. The summed E-state index contributed by atoms with van der Waals surface area (Å²) in [4.78, 5) is 39.4. The van der Waals surface area contributed by atoms with Crippen molar-refractivity contribution in [1.29, 1.82) is 0 Å². The van der Waals surface area contributed by atoms with E-state index in [0.29, 0.717) is 18.4 Å². The van der Waals surface area contributed by atoms with Crippen LogP contribution in [0.5, 0.6) is 5.75 Å². The number of nitrogens with one attached hydrogen (secondary N) is 2. The molecule has 2 atom stereocenters. The zero-order valence-corrected chi connectivity index (χ0v) is 17.5. The van der Waals surface area contributed by atoms with E-state index in [9.17, 15) is 14.4 Å². The van der Waals surface area contributed by atoms with E-state index < -0.39 is 17.5 Å². The van der Waals surface area contributed by atoms with Crippen LogP contribution in [0.25, 0.3) is 0 Å². The van der Waals surface area contributed by atoms with Crippen molar-refractivity contribution >= 4 is 17.8 Å². The fourth-order valence-electron chi connectivity index (χ4n) is 3.77. The average Bonchev–Trinajstić information content (AvgIpc) is 3.03. The Morgan fingerprint density at radius 2 is 1.77 bits per heavy atom. The van der Waals surface area contributed by atoms with E-state index in [-0.39, 0.29) is 18.5 Å². The second-order valence-electron chi connectivity index (χ2n) is 7.25. The van der Waals surface area contributed by atoms with Crippen LogP contribution in [-0.2, 0) is 15.1 Å². The number of rotatable bonds is 8. The van der Waals surface area contributed by atoms with Crippen LogP contribution in [0.4, 0.5) is 4.79 Å². The Kier molecular flexibility index (Phi) is 6.40. The standard InChI is InChI=1S/C23H27N3O4/c1-4-19(16-11-13-18(30-3)14-12-16)24-20(27)15-26-21(28)23(5-2,25-22(26)29)17-9-7-6-8-10-17/h6-14,19H,4-5,15H2,1-3H3,(H,24,27)(H,25,29). The minimum atomic E-state index is -1.14. The molecule has 2 aromatic carbocycles. The highest BCUT2D eigenvalue weighted by molar-refractivity contribution is 6.09. The molecule has 3 rings (SSSR count). The van der Waals surface area contributed by atoms with Gasteiger partial charge < -0.3 is 15.4 Å². The monoisotopic (exact) mass is 409 g/mol. The Morgan fingerprint density at radius 3 is 2.33 bits per heavy atom. The smallest absolute Gasteiger partial charge is 0.325 e. The first kappa shape index (κ1) is 21.4. The molecule has 1 fully saturated rings. The van der Waals surface area contributed by atoms with Gasteiger partial charge in [-0.3, -0.25) is 14.5 Å². The number of ether oxygens (including phenoxy) is 1. The van der Waals surface area contributed by atoms with Crippen LogP contribution < -0.4 is 15.4 Å². The second-order valence-corrected chi connectivity index (χ2v) is 7.25. The van der Waals surface area contributed by atoms with Gasteiger partial charge in [0.15, 0.2) is 0 Å². The molecule has 7 nitrogen and oxygen atoms in total. The van der Waals surface area contributed by atoms with E-state index in [4.69, 9.17) is 4.74 Å². The van der Waals surface area contributed by atoms with Crippen LogP contribution in [0.1, 0.15) is 43.9 Å². The van der Waals surface area contributed by atoms with E-state index in [0.717, 1.165) is 16.2 Å². The summed E-state index contributed by atoms with van der Waals surface area (Å²) in [5.41, 5.74) is 0.494. The number of amides is 4. The van der Waals surface area contributed by atoms with Crippen molar-refractivity contribution in [3.8, 4) is 5.75 Å². The molecular formula is C23H27N3O4. The molecule has 2 unspecified atom stereocenters. The van der Waals surface area contributed by atoms with Gasteiger partial charge in [0.1, 0.15) is 17.8 Å². The predicted octanol–water partition coefficient (Wildman–Crippen LogP) is 3.12. The van der Waals surface area contributed by atoms with Crippen LogP contribution in [0.2, 0.25) is 0 Å². The molecule has 1 aliphatic heterocycles. The number of hydrogen-bond acceptors (Lipinski definition) is 4.